The van der Waals surface area contributed by atoms with Gasteiger partial charge in [-0.2, -0.15) is 0 Å². The van der Waals surface area contributed by atoms with Gasteiger partial charge in [0.05, 0.1) is 11.5 Å². The maximum absolute atomic E-state index is 10.0. The Bertz CT molecular complexity index is 231. The van der Waals surface area contributed by atoms with Crippen LogP contribution in [0.1, 0.15) is 27.7 Å². The summed E-state index contributed by atoms with van der Waals surface area (Å²) in [5.41, 5.74) is 0. The van der Waals surface area contributed by atoms with Crippen LogP contribution in [0, 0.1) is 0 Å². The second-order valence-electron chi connectivity index (χ2n) is 2.79. The molecule has 0 unspecified atom stereocenters. The second kappa shape index (κ2) is 11.2. The molecule has 0 aromatic heterocycles. The first-order valence-electron chi connectivity index (χ1n) is 4.01. The van der Waals surface area contributed by atoms with Gasteiger partial charge in [0.15, 0.2) is 11.6 Å². The number of carbonyl (C=O) groups excluding carboxylic acids is 2. The molecule has 0 aromatic carbocycles. The zero-order valence-electron chi connectivity index (χ0n) is 9.27. The minimum absolute atomic E-state index is 0. The van der Waals surface area contributed by atoms with E-state index in [1.807, 2.05) is 0 Å². The van der Waals surface area contributed by atoms with E-state index in [9.17, 15) is 9.59 Å². The summed E-state index contributed by atoms with van der Waals surface area (Å²) >= 11 is 0. The summed E-state index contributed by atoms with van der Waals surface area (Å²) in [5, 5.41) is 16.7. The summed E-state index contributed by atoms with van der Waals surface area (Å²) in [6.45, 7) is 5.70. The van der Waals surface area contributed by atoms with E-state index in [2.05, 4.69) is 0 Å². The summed E-state index contributed by atoms with van der Waals surface area (Å²) in [7, 11) is 0. The van der Waals surface area contributed by atoms with E-state index < -0.39 is 0 Å². The van der Waals surface area contributed by atoms with Crippen LogP contribution in [-0.2, 0) is 30.7 Å². The zero-order chi connectivity index (χ0) is 11.7. The van der Waals surface area contributed by atoms with Crippen LogP contribution < -0.4 is 0 Å². The van der Waals surface area contributed by atoms with Crippen molar-refractivity contribution in [2.75, 3.05) is 0 Å². The van der Waals surface area contributed by atoms with Crippen molar-refractivity contribution >= 4 is 11.6 Å². The van der Waals surface area contributed by atoms with Crippen molar-refractivity contribution in [1.29, 1.82) is 0 Å². The Hall–Kier alpha value is -0.892. The number of hydrogen-bond acceptors (Lipinski definition) is 4. The predicted octanol–water partition coefficient (Wildman–Crippen LogP) is 2.07. The first-order chi connectivity index (χ1) is 6.25. The Balaban J connectivity index is -0.000000180. The average Bonchev–Trinajstić information content (AvgIpc) is 1.79. The SMILES string of the molecule is CC(=O)/C=C(/C)O.CC(=O)/C=C(/C)O.[Mo]. The Morgan fingerprint density at radius 1 is 0.800 bits per heavy atom. The molecule has 0 bridgehead atoms. The maximum atomic E-state index is 10.0. The molecule has 0 radical (unpaired) electrons. The quantitative estimate of drug-likeness (QED) is 0.465. The van der Waals surface area contributed by atoms with Gasteiger partial charge < -0.3 is 10.2 Å². The molecular weight excluding hydrogens is 280 g/mol. The third-order valence-corrected chi connectivity index (χ3v) is 0.824. The van der Waals surface area contributed by atoms with Gasteiger partial charge >= 0.3 is 0 Å². The van der Waals surface area contributed by atoms with E-state index in [4.69, 9.17) is 10.2 Å². The molecule has 0 aliphatic carbocycles. The zero-order valence-corrected chi connectivity index (χ0v) is 11.3. The fourth-order valence-corrected chi connectivity index (χ4v) is 0.588. The van der Waals surface area contributed by atoms with Crippen molar-refractivity contribution in [3.05, 3.63) is 23.7 Å². The fourth-order valence-electron chi connectivity index (χ4n) is 0.588. The van der Waals surface area contributed by atoms with Crippen molar-refractivity contribution in [2.24, 2.45) is 0 Å². The van der Waals surface area contributed by atoms with Gasteiger partial charge in [0.1, 0.15) is 0 Å². The molecular formula is C10H16MoO4. The third kappa shape index (κ3) is 32.0. The molecule has 0 rings (SSSR count). The molecule has 0 saturated heterocycles. The topological polar surface area (TPSA) is 74.6 Å². The third-order valence-electron chi connectivity index (χ3n) is 0.824. The molecule has 0 fully saturated rings. The summed E-state index contributed by atoms with van der Waals surface area (Å²) in [4.78, 5) is 20.0. The molecule has 0 aliphatic rings. The Kier molecular flexibility index (Phi) is 14.6. The minimum atomic E-state index is -0.125. The van der Waals surface area contributed by atoms with Crippen molar-refractivity contribution in [2.45, 2.75) is 27.7 Å². The van der Waals surface area contributed by atoms with Crippen LogP contribution in [0.15, 0.2) is 23.7 Å². The smallest absolute Gasteiger partial charge is 0.155 e. The normalized spacial score (nSPS) is 10.7. The van der Waals surface area contributed by atoms with Crippen LogP contribution in [-0.4, -0.2) is 21.8 Å². The van der Waals surface area contributed by atoms with Crippen LogP contribution in [0.4, 0.5) is 0 Å². The van der Waals surface area contributed by atoms with Crippen molar-refractivity contribution in [1.82, 2.24) is 0 Å². The van der Waals surface area contributed by atoms with Crippen LogP contribution >= 0.6 is 0 Å². The number of ketones is 2. The van der Waals surface area contributed by atoms with Crippen molar-refractivity contribution < 1.29 is 40.9 Å². The molecule has 0 saturated carbocycles. The predicted molar refractivity (Wildman–Crippen MR) is 54.1 cm³/mol. The van der Waals surface area contributed by atoms with Gasteiger partial charge in [-0.25, -0.2) is 0 Å². The van der Waals surface area contributed by atoms with Gasteiger partial charge in [-0.15, -0.1) is 0 Å². The standard InChI is InChI=1S/2C5H8O2.Mo/c2*1-4(6)3-5(2)7;/h2*3,6H,1-2H3;/b2*4-3-;. The second-order valence-corrected chi connectivity index (χ2v) is 2.79. The van der Waals surface area contributed by atoms with Gasteiger partial charge in [-0.1, -0.05) is 0 Å². The molecule has 0 aliphatic heterocycles. The maximum Gasteiger partial charge on any atom is 0.155 e. The molecule has 86 valence electrons. The largest absolute Gasteiger partial charge is 0.512 e. The van der Waals surface area contributed by atoms with E-state index in [1.54, 1.807) is 0 Å². The molecule has 4 nitrogen and oxygen atoms in total. The fraction of sp³-hybridized carbons (Fsp3) is 0.400. The van der Waals surface area contributed by atoms with Crippen molar-refractivity contribution in [3.8, 4) is 0 Å². The number of rotatable bonds is 2. The Morgan fingerprint density at radius 3 is 1.00 bits per heavy atom. The summed E-state index contributed by atoms with van der Waals surface area (Å²) < 4.78 is 0. The minimum Gasteiger partial charge on any atom is -0.512 e. The molecule has 5 heteroatoms. The van der Waals surface area contributed by atoms with Gasteiger partial charge in [-0.05, 0) is 27.7 Å². The molecule has 15 heavy (non-hydrogen) atoms. The van der Waals surface area contributed by atoms with Crippen LogP contribution in [0.2, 0.25) is 0 Å². The molecule has 0 amide bonds. The monoisotopic (exact) mass is 298 g/mol. The molecule has 0 atom stereocenters. The van der Waals surface area contributed by atoms with E-state index in [1.165, 1.54) is 39.8 Å². The molecule has 2 N–H and O–H groups in total. The number of allylic oxidation sites excluding steroid dienone is 4. The summed E-state index contributed by atoms with van der Waals surface area (Å²) in [6.07, 6.45) is 2.33. The van der Waals surface area contributed by atoms with Crippen LogP contribution in [0.5, 0.6) is 0 Å². The van der Waals surface area contributed by atoms with E-state index in [0.29, 0.717) is 0 Å². The van der Waals surface area contributed by atoms with E-state index in [0.717, 1.165) is 0 Å². The first kappa shape index (κ1) is 19.6. The Labute approximate surface area is 104 Å². The number of hydrogen-bond donors (Lipinski definition) is 2. The van der Waals surface area contributed by atoms with Gasteiger partial charge in [0, 0.05) is 33.2 Å². The molecule has 0 aromatic rings. The molecule has 0 heterocycles. The van der Waals surface area contributed by atoms with Gasteiger partial charge in [0.25, 0.3) is 0 Å². The summed E-state index contributed by atoms with van der Waals surface area (Å²) in [5.74, 6) is -0.125. The number of carbonyl (C=O) groups is 2. The van der Waals surface area contributed by atoms with Crippen molar-refractivity contribution in [3.63, 3.8) is 0 Å². The van der Waals surface area contributed by atoms with Crippen LogP contribution in [0.3, 0.4) is 0 Å². The van der Waals surface area contributed by atoms with Gasteiger partial charge in [-0.3, -0.25) is 9.59 Å². The first-order valence-corrected chi connectivity index (χ1v) is 4.01. The molecule has 0 spiro atoms. The Morgan fingerprint density at radius 2 is 1.00 bits per heavy atom. The van der Waals surface area contributed by atoms with Crippen LogP contribution in [0.25, 0.3) is 0 Å². The average molecular weight is 296 g/mol. The number of aliphatic hydroxyl groups excluding tert-OH is 2. The van der Waals surface area contributed by atoms with Gasteiger partial charge in [0.2, 0.25) is 0 Å². The summed E-state index contributed by atoms with van der Waals surface area (Å²) in [6, 6.07) is 0. The number of aliphatic hydroxyl groups is 2. The van der Waals surface area contributed by atoms with E-state index >= 15 is 0 Å². The van der Waals surface area contributed by atoms with E-state index in [-0.39, 0.29) is 44.2 Å².